The summed E-state index contributed by atoms with van der Waals surface area (Å²) >= 11 is 3.01. The topological polar surface area (TPSA) is 86.0 Å². The van der Waals surface area contributed by atoms with Crippen LogP contribution in [-0.4, -0.2) is 20.1 Å². The Kier molecular flexibility index (Phi) is 7.20. The number of thiazole rings is 1. The molecule has 0 aliphatic carbocycles. The fraction of sp³-hybridized carbons (Fsp3) is 0.103. The molecule has 0 aliphatic heterocycles. The first-order chi connectivity index (χ1) is 19.1. The molecule has 0 fully saturated rings. The summed E-state index contributed by atoms with van der Waals surface area (Å²) < 4.78 is 25.0. The molecule has 1 N–H and O–H groups in total. The molecule has 0 bridgehead atoms. The summed E-state index contributed by atoms with van der Waals surface area (Å²) in [5.41, 5.74) is 3.53. The molecule has 4 aromatic heterocycles. The highest BCUT2D eigenvalue weighted by Crippen LogP contribution is 2.39. The molecule has 6 aromatic rings. The summed E-state index contributed by atoms with van der Waals surface area (Å²) in [4.78, 5) is 15.4. The molecule has 0 saturated carbocycles. The average Bonchev–Trinajstić information content (AvgIpc) is 3.57. The molecule has 194 valence electrons. The van der Waals surface area contributed by atoms with E-state index in [1.807, 2.05) is 42.6 Å². The Labute approximate surface area is 232 Å². The maximum absolute atomic E-state index is 13.5. The maximum atomic E-state index is 13.5. The second-order valence-electron chi connectivity index (χ2n) is 8.69. The smallest absolute Gasteiger partial charge is 0.259 e. The molecule has 0 spiro atoms. The van der Waals surface area contributed by atoms with Gasteiger partial charge in [0.25, 0.3) is 5.71 Å². The highest BCUT2D eigenvalue weighted by molar-refractivity contribution is 7.99. The molecule has 2 aromatic carbocycles. The van der Waals surface area contributed by atoms with Crippen LogP contribution in [0.4, 0.5) is 15.3 Å². The number of ether oxygens (including phenoxy) is 1. The van der Waals surface area contributed by atoms with Crippen molar-refractivity contribution >= 4 is 45.1 Å². The summed E-state index contributed by atoms with van der Waals surface area (Å²) in [7, 11) is 0. The molecular formula is C29H22FN5O2S2. The largest absolute Gasteiger partial charge is 0.453 e. The van der Waals surface area contributed by atoms with E-state index >= 15 is 0 Å². The highest BCUT2D eigenvalue weighted by atomic mass is 32.2. The van der Waals surface area contributed by atoms with Crippen molar-refractivity contribution in [2.24, 2.45) is 0 Å². The van der Waals surface area contributed by atoms with Crippen LogP contribution in [0.2, 0.25) is 0 Å². The first-order valence-corrected chi connectivity index (χ1v) is 13.9. The standard InChI is InChI=1S/C29H22FN5O2S2/c1-18-26-25(13-14-31-28(26)37-35-18)39-23-15-24(36-22-11-8-20(30)9-12-22)27(32-16-23)34-29-33-21(17-38-29)10-7-19-5-3-2-4-6-19/h2-6,8-9,11-17H,7,10H2,1H3,(H,32,33,34). The maximum Gasteiger partial charge on any atom is 0.259 e. The molecule has 6 rings (SSSR count). The summed E-state index contributed by atoms with van der Waals surface area (Å²) in [6, 6.07) is 20.0. The van der Waals surface area contributed by atoms with Crippen molar-refractivity contribution in [3.8, 4) is 11.5 Å². The van der Waals surface area contributed by atoms with Crippen molar-refractivity contribution in [3.63, 3.8) is 0 Å². The summed E-state index contributed by atoms with van der Waals surface area (Å²) in [6.45, 7) is 1.88. The molecule has 4 heterocycles. The van der Waals surface area contributed by atoms with Gasteiger partial charge in [-0.05, 0) is 55.7 Å². The van der Waals surface area contributed by atoms with Gasteiger partial charge in [0, 0.05) is 33.6 Å². The first-order valence-electron chi connectivity index (χ1n) is 12.2. The van der Waals surface area contributed by atoms with Gasteiger partial charge < -0.3 is 14.6 Å². The fourth-order valence-electron chi connectivity index (χ4n) is 3.98. The Morgan fingerprint density at radius 2 is 1.87 bits per heavy atom. The number of benzene rings is 2. The third kappa shape index (κ3) is 5.92. The lowest BCUT2D eigenvalue weighted by molar-refractivity contribution is 0.443. The average molecular weight is 556 g/mol. The van der Waals surface area contributed by atoms with Crippen LogP contribution < -0.4 is 10.1 Å². The zero-order chi connectivity index (χ0) is 26.6. The molecule has 0 amide bonds. The van der Waals surface area contributed by atoms with Gasteiger partial charge in [-0.1, -0.05) is 47.3 Å². The highest BCUT2D eigenvalue weighted by Gasteiger charge is 2.15. The molecule has 0 unspecified atom stereocenters. The zero-order valence-electron chi connectivity index (χ0n) is 20.8. The van der Waals surface area contributed by atoms with Gasteiger partial charge in [-0.3, -0.25) is 0 Å². The molecule has 0 saturated heterocycles. The predicted molar refractivity (Wildman–Crippen MR) is 151 cm³/mol. The SMILES string of the molecule is Cc1noc2nccc(Sc3cnc(Nc4nc(CCc5ccccc5)cs4)c(Oc4ccc(F)cc4)c3)c12. The van der Waals surface area contributed by atoms with Crippen molar-refractivity contribution in [2.75, 3.05) is 5.32 Å². The molecular weight excluding hydrogens is 533 g/mol. The Hall–Kier alpha value is -4.28. The van der Waals surface area contributed by atoms with Crippen LogP contribution >= 0.6 is 23.1 Å². The third-order valence-corrected chi connectivity index (χ3v) is 7.72. The van der Waals surface area contributed by atoms with Crippen molar-refractivity contribution in [3.05, 3.63) is 107 Å². The lowest BCUT2D eigenvalue weighted by Crippen LogP contribution is -1.98. The van der Waals surface area contributed by atoms with E-state index in [-0.39, 0.29) is 5.82 Å². The number of rotatable bonds is 9. The van der Waals surface area contributed by atoms with E-state index < -0.39 is 0 Å². The second-order valence-corrected chi connectivity index (χ2v) is 10.7. The Balaban J connectivity index is 1.26. The minimum absolute atomic E-state index is 0.334. The normalized spacial score (nSPS) is 11.1. The van der Waals surface area contributed by atoms with Crippen molar-refractivity contribution in [1.82, 2.24) is 20.1 Å². The summed E-state index contributed by atoms with van der Waals surface area (Å²) in [6.07, 6.45) is 5.21. The molecule has 0 radical (unpaired) electrons. The number of anilines is 2. The van der Waals surface area contributed by atoms with Gasteiger partial charge in [0.2, 0.25) is 0 Å². The van der Waals surface area contributed by atoms with Gasteiger partial charge in [-0.15, -0.1) is 11.3 Å². The Morgan fingerprint density at radius 3 is 2.72 bits per heavy atom. The molecule has 39 heavy (non-hydrogen) atoms. The lowest BCUT2D eigenvalue weighted by Gasteiger charge is -2.13. The van der Waals surface area contributed by atoms with Crippen LogP contribution in [-0.2, 0) is 12.8 Å². The molecule has 7 nitrogen and oxygen atoms in total. The predicted octanol–water partition coefficient (Wildman–Crippen LogP) is 7.99. The van der Waals surface area contributed by atoms with Crippen molar-refractivity contribution < 1.29 is 13.7 Å². The molecule has 0 atom stereocenters. The van der Waals surface area contributed by atoms with E-state index in [1.54, 1.807) is 24.5 Å². The number of halogens is 1. The monoisotopic (exact) mass is 555 g/mol. The minimum Gasteiger partial charge on any atom is -0.453 e. The number of aromatic nitrogens is 4. The number of aryl methyl sites for hydroxylation is 3. The molecule has 0 aliphatic rings. The van der Waals surface area contributed by atoms with E-state index in [1.165, 1.54) is 40.8 Å². The van der Waals surface area contributed by atoms with Crippen molar-refractivity contribution in [2.45, 2.75) is 29.6 Å². The van der Waals surface area contributed by atoms with E-state index in [2.05, 4.69) is 32.6 Å². The van der Waals surface area contributed by atoms with Crippen LogP contribution in [0.1, 0.15) is 17.0 Å². The number of nitrogens with one attached hydrogen (secondary N) is 1. The quantitative estimate of drug-likeness (QED) is 0.192. The van der Waals surface area contributed by atoms with Gasteiger partial charge in [0.05, 0.1) is 16.8 Å². The van der Waals surface area contributed by atoms with E-state index in [0.717, 1.165) is 39.4 Å². The Bertz CT molecular complexity index is 1720. The number of nitrogens with zero attached hydrogens (tertiary/aromatic N) is 4. The first kappa shape index (κ1) is 25.0. The van der Waals surface area contributed by atoms with Gasteiger partial charge in [0.15, 0.2) is 16.7 Å². The number of hydrogen-bond donors (Lipinski definition) is 1. The van der Waals surface area contributed by atoms with Gasteiger partial charge in [-0.2, -0.15) is 0 Å². The summed E-state index contributed by atoms with van der Waals surface area (Å²) in [5.74, 6) is 1.15. The number of pyridine rings is 2. The number of hydrogen-bond acceptors (Lipinski definition) is 9. The summed E-state index contributed by atoms with van der Waals surface area (Å²) in [5, 5.41) is 11.0. The van der Waals surface area contributed by atoms with E-state index in [0.29, 0.717) is 28.2 Å². The van der Waals surface area contributed by atoms with Crippen molar-refractivity contribution in [1.29, 1.82) is 0 Å². The van der Waals surface area contributed by atoms with Gasteiger partial charge in [-0.25, -0.2) is 19.3 Å². The minimum atomic E-state index is -0.334. The lowest BCUT2D eigenvalue weighted by atomic mass is 10.1. The van der Waals surface area contributed by atoms with Crippen LogP contribution in [0.25, 0.3) is 11.1 Å². The molecule has 10 heteroatoms. The number of fused-ring (bicyclic) bond motifs is 1. The Morgan fingerprint density at radius 1 is 1.03 bits per heavy atom. The van der Waals surface area contributed by atoms with Gasteiger partial charge in [0.1, 0.15) is 11.6 Å². The van der Waals surface area contributed by atoms with Crippen LogP contribution in [0.5, 0.6) is 11.5 Å². The van der Waals surface area contributed by atoms with Crippen LogP contribution in [0.3, 0.4) is 0 Å². The van der Waals surface area contributed by atoms with E-state index in [4.69, 9.17) is 14.2 Å². The van der Waals surface area contributed by atoms with Crippen LogP contribution in [0.15, 0.2) is 98.8 Å². The van der Waals surface area contributed by atoms with Crippen LogP contribution in [0, 0.1) is 12.7 Å². The third-order valence-electron chi connectivity index (χ3n) is 5.90. The second kappa shape index (κ2) is 11.2. The van der Waals surface area contributed by atoms with E-state index in [9.17, 15) is 4.39 Å². The van der Waals surface area contributed by atoms with Gasteiger partial charge >= 0.3 is 0 Å². The fourth-order valence-corrected chi connectivity index (χ4v) is 5.71. The zero-order valence-corrected chi connectivity index (χ0v) is 22.4.